The molecular formula is C10H12ClNO3. The Kier molecular flexibility index (Phi) is 3.41. The van der Waals surface area contributed by atoms with Crippen molar-refractivity contribution in [2.24, 2.45) is 0 Å². The summed E-state index contributed by atoms with van der Waals surface area (Å²) in [6.45, 7) is 0.528. The summed E-state index contributed by atoms with van der Waals surface area (Å²) in [5.74, 6) is 1.02. The molecule has 82 valence electrons. The van der Waals surface area contributed by atoms with Crippen LogP contribution in [0.4, 0.5) is 0 Å². The second-order valence-electron chi connectivity index (χ2n) is 3.21. The Labute approximate surface area is 93.1 Å². The molecule has 1 saturated heterocycles. The lowest BCUT2D eigenvalue weighted by atomic mass is 10.3. The van der Waals surface area contributed by atoms with Gasteiger partial charge in [0.2, 0.25) is 5.88 Å². The van der Waals surface area contributed by atoms with Crippen LogP contribution in [0.1, 0.15) is 11.9 Å². The fourth-order valence-electron chi connectivity index (χ4n) is 1.36. The van der Waals surface area contributed by atoms with Crippen LogP contribution in [-0.4, -0.2) is 30.7 Å². The molecular weight excluding hydrogens is 218 g/mol. The Balaban J connectivity index is 2.04. The van der Waals surface area contributed by atoms with E-state index in [2.05, 4.69) is 4.98 Å². The van der Waals surface area contributed by atoms with Crippen molar-refractivity contribution in [2.75, 3.05) is 19.6 Å². The first-order chi connectivity index (χ1) is 7.33. The Morgan fingerprint density at radius 1 is 1.60 bits per heavy atom. The molecule has 1 aromatic heterocycles. The van der Waals surface area contributed by atoms with Gasteiger partial charge in [0.25, 0.3) is 0 Å². The molecule has 1 aliphatic heterocycles. The summed E-state index contributed by atoms with van der Waals surface area (Å²) < 4.78 is 15.9. The Hall–Kier alpha value is -0.840. The van der Waals surface area contributed by atoms with Crippen LogP contribution in [-0.2, 0) is 9.47 Å². The van der Waals surface area contributed by atoms with E-state index >= 15 is 0 Å². The van der Waals surface area contributed by atoms with E-state index in [0.29, 0.717) is 18.4 Å². The molecule has 0 aliphatic carbocycles. The third kappa shape index (κ3) is 2.40. The molecule has 0 bridgehead atoms. The SMILES string of the molecule is COc1ccc(C2OCC(CCl)O2)cn1. The number of nitrogens with zero attached hydrogens (tertiary/aromatic N) is 1. The van der Waals surface area contributed by atoms with E-state index in [1.165, 1.54) is 0 Å². The summed E-state index contributed by atoms with van der Waals surface area (Å²) in [7, 11) is 1.58. The van der Waals surface area contributed by atoms with Crippen LogP contribution in [0.5, 0.6) is 5.88 Å². The van der Waals surface area contributed by atoms with Crippen molar-refractivity contribution < 1.29 is 14.2 Å². The fraction of sp³-hybridized carbons (Fsp3) is 0.500. The number of hydrogen-bond donors (Lipinski definition) is 0. The molecule has 4 nitrogen and oxygen atoms in total. The van der Waals surface area contributed by atoms with Gasteiger partial charge in [0, 0.05) is 17.8 Å². The van der Waals surface area contributed by atoms with Gasteiger partial charge >= 0.3 is 0 Å². The van der Waals surface area contributed by atoms with Crippen molar-refractivity contribution in [3.63, 3.8) is 0 Å². The van der Waals surface area contributed by atoms with E-state index < -0.39 is 0 Å². The van der Waals surface area contributed by atoms with Gasteiger partial charge in [0.15, 0.2) is 6.29 Å². The second kappa shape index (κ2) is 4.79. The van der Waals surface area contributed by atoms with Crippen LogP contribution in [0.25, 0.3) is 0 Å². The maximum Gasteiger partial charge on any atom is 0.212 e. The van der Waals surface area contributed by atoms with Gasteiger partial charge in [0.1, 0.15) is 0 Å². The number of alkyl halides is 1. The summed E-state index contributed by atoms with van der Waals surface area (Å²) >= 11 is 5.67. The molecule has 1 fully saturated rings. The van der Waals surface area contributed by atoms with Crippen molar-refractivity contribution in [3.05, 3.63) is 23.9 Å². The third-order valence-corrected chi connectivity index (χ3v) is 2.51. The first-order valence-corrected chi connectivity index (χ1v) is 5.20. The van der Waals surface area contributed by atoms with Crippen LogP contribution >= 0.6 is 11.6 Å². The molecule has 0 saturated carbocycles. The summed E-state index contributed by atoms with van der Waals surface area (Å²) in [4.78, 5) is 4.08. The average molecular weight is 230 g/mol. The van der Waals surface area contributed by atoms with E-state index in [4.69, 9.17) is 25.8 Å². The Bertz CT molecular complexity index is 317. The molecule has 0 radical (unpaired) electrons. The largest absolute Gasteiger partial charge is 0.481 e. The van der Waals surface area contributed by atoms with Crippen LogP contribution in [0.3, 0.4) is 0 Å². The molecule has 1 aliphatic rings. The van der Waals surface area contributed by atoms with Crippen molar-refractivity contribution in [3.8, 4) is 5.88 Å². The quantitative estimate of drug-likeness (QED) is 0.741. The number of hydrogen-bond acceptors (Lipinski definition) is 4. The lowest BCUT2D eigenvalue weighted by molar-refractivity contribution is -0.0569. The predicted octanol–water partition coefficient (Wildman–Crippen LogP) is 1.74. The highest BCUT2D eigenvalue weighted by molar-refractivity contribution is 6.18. The van der Waals surface area contributed by atoms with Crippen LogP contribution in [0.15, 0.2) is 18.3 Å². The zero-order valence-electron chi connectivity index (χ0n) is 8.35. The third-order valence-electron chi connectivity index (χ3n) is 2.16. The van der Waals surface area contributed by atoms with Crippen LogP contribution in [0, 0.1) is 0 Å². The van der Waals surface area contributed by atoms with Crippen molar-refractivity contribution in [1.29, 1.82) is 0 Å². The average Bonchev–Trinajstić information content (AvgIpc) is 2.78. The Morgan fingerprint density at radius 3 is 3.00 bits per heavy atom. The summed E-state index contributed by atoms with van der Waals surface area (Å²) in [6.07, 6.45) is 1.30. The first-order valence-electron chi connectivity index (χ1n) is 4.66. The minimum absolute atomic E-state index is 0.0289. The van der Waals surface area contributed by atoms with Gasteiger partial charge in [-0.1, -0.05) is 0 Å². The minimum atomic E-state index is -0.354. The predicted molar refractivity (Wildman–Crippen MR) is 55.1 cm³/mol. The number of pyridine rings is 1. The maximum absolute atomic E-state index is 5.67. The van der Waals surface area contributed by atoms with Gasteiger partial charge in [-0.15, -0.1) is 11.6 Å². The lowest BCUT2D eigenvalue weighted by Crippen LogP contribution is -2.10. The number of methoxy groups -OCH3 is 1. The monoisotopic (exact) mass is 229 g/mol. The van der Waals surface area contributed by atoms with E-state index in [1.54, 1.807) is 19.4 Å². The first kappa shape index (κ1) is 10.7. The lowest BCUT2D eigenvalue weighted by Gasteiger charge is -2.10. The standard InChI is InChI=1S/C10H12ClNO3/c1-13-9-3-2-7(5-12-9)10-14-6-8(4-11)15-10/h2-3,5,8,10H,4,6H2,1H3. The van der Waals surface area contributed by atoms with Gasteiger partial charge < -0.3 is 14.2 Å². The highest BCUT2D eigenvalue weighted by Crippen LogP contribution is 2.27. The summed E-state index contributed by atoms with van der Waals surface area (Å²) in [6, 6.07) is 3.64. The molecule has 0 amide bonds. The molecule has 0 aromatic carbocycles. The smallest absolute Gasteiger partial charge is 0.212 e. The summed E-state index contributed by atoms with van der Waals surface area (Å²) in [5, 5.41) is 0. The summed E-state index contributed by atoms with van der Waals surface area (Å²) in [5.41, 5.74) is 0.878. The highest BCUT2D eigenvalue weighted by atomic mass is 35.5. The second-order valence-corrected chi connectivity index (χ2v) is 3.52. The molecule has 5 heteroatoms. The molecule has 1 aromatic rings. The molecule has 2 atom stereocenters. The zero-order valence-corrected chi connectivity index (χ0v) is 9.11. The maximum atomic E-state index is 5.67. The highest BCUT2D eigenvalue weighted by Gasteiger charge is 2.26. The van der Waals surface area contributed by atoms with Gasteiger partial charge in [-0.3, -0.25) is 0 Å². The van der Waals surface area contributed by atoms with E-state index in [0.717, 1.165) is 5.56 Å². The van der Waals surface area contributed by atoms with E-state index in [-0.39, 0.29) is 12.4 Å². The van der Waals surface area contributed by atoms with Gasteiger partial charge in [-0.2, -0.15) is 0 Å². The van der Waals surface area contributed by atoms with Crippen molar-refractivity contribution in [1.82, 2.24) is 4.98 Å². The number of rotatable bonds is 3. The van der Waals surface area contributed by atoms with Gasteiger partial charge in [-0.05, 0) is 6.07 Å². The number of ether oxygens (including phenoxy) is 3. The van der Waals surface area contributed by atoms with Gasteiger partial charge in [0.05, 0.1) is 25.7 Å². The fourth-order valence-corrected chi connectivity index (χ4v) is 1.52. The minimum Gasteiger partial charge on any atom is -0.481 e. The molecule has 2 rings (SSSR count). The number of aromatic nitrogens is 1. The van der Waals surface area contributed by atoms with Crippen molar-refractivity contribution >= 4 is 11.6 Å². The normalized spacial score (nSPS) is 25.5. The Morgan fingerprint density at radius 2 is 2.47 bits per heavy atom. The molecule has 2 unspecified atom stereocenters. The zero-order chi connectivity index (χ0) is 10.7. The van der Waals surface area contributed by atoms with E-state index in [9.17, 15) is 0 Å². The molecule has 2 heterocycles. The van der Waals surface area contributed by atoms with Crippen LogP contribution in [0.2, 0.25) is 0 Å². The van der Waals surface area contributed by atoms with Crippen LogP contribution < -0.4 is 4.74 Å². The number of halogens is 1. The molecule has 15 heavy (non-hydrogen) atoms. The molecule has 0 N–H and O–H groups in total. The molecule has 0 spiro atoms. The topological polar surface area (TPSA) is 40.6 Å². The van der Waals surface area contributed by atoms with Crippen molar-refractivity contribution in [2.45, 2.75) is 12.4 Å². The van der Waals surface area contributed by atoms with Gasteiger partial charge in [-0.25, -0.2) is 4.98 Å². The van der Waals surface area contributed by atoms with E-state index in [1.807, 2.05) is 6.07 Å².